The van der Waals surface area contributed by atoms with Crippen molar-refractivity contribution in [2.45, 2.75) is 51.1 Å². The van der Waals surface area contributed by atoms with Crippen molar-refractivity contribution in [1.82, 2.24) is 4.90 Å². The molecule has 1 saturated carbocycles. The van der Waals surface area contributed by atoms with Crippen LogP contribution in [0.15, 0.2) is 24.3 Å². The molecule has 1 aromatic rings. The number of amides is 1. The maximum atomic E-state index is 12.8. The minimum Gasteiger partial charge on any atom is -0.484 e. The Labute approximate surface area is 143 Å². The number of para-hydroxylation sites is 1. The average Bonchev–Trinajstić information content (AvgIpc) is 3.17. The first-order valence-electron chi connectivity index (χ1n) is 8.66. The highest BCUT2D eigenvalue weighted by Gasteiger charge is 2.39. The Morgan fingerprint density at radius 3 is 2.50 bits per heavy atom. The van der Waals surface area contributed by atoms with Gasteiger partial charge in [0.05, 0.1) is 11.5 Å². The fourth-order valence-corrected chi connectivity index (χ4v) is 5.53. The van der Waals surface area contributed by atoms with Gasteiger partial charge in [-0.05, 0) is 37.8 Å². The number of nitrogens with zero attached hydrogens (tertiary/aromatic N) is 1. The van der Waals surface area contributed by atoms with Crippen LogP contribution in [-0.4, -0.2) is 49.4 Å². The third kappa shape index (κ3) is 3.91. The predicted octanol–water partition coefficient (Wildman–Crippen LogP) is 2.33. The van der Waals surface area contributed by atoms with E-state index in [1.807, 2.05) is 36.1 Å². The Balaban J connectivity index is 1.70. The van der Waals surface area contributed by atoms with Crippen LogP contribution >= 0.6 is 0 Å². The highest BCUT2D eigenvalue weighted by Crippen LogP contribution is 2.29. The first-order chi connectivity index (χ1) is 11.5. The zero-order chi connectivity index (χ0) is 17.2. The van der Waals surface area contributed by atoms with E-state index in [1.165, 1.54) is 0 Å². The van der Waals surface area contributed by atoms with Gasteiger partial charge in [-0.25, -0.2) is 8.42 Å². The number of carbonyl (C=O) groups excluding carboxylic acids is 1. The van der Waals surface area contributed by atoms with Gasteiger partial charge in [0.25, 0.3) is 5.91 Å². The molecule has 0 bridgehead atoms. The number of benzene rings is 1. The molecule has 3 rings (SSSR count). The maximum absolute atomic E-state index is 12.8. The Morgan fingerprint density at radius 2 is 1.88 bits per heavy atom. The number of hydrogen-bond donors (Lipinski definition) is 0. The van der Waals surface area contributed by atoms with Crippen molar-refractivity contribution in [3.05, 3.63) is 29.8 Å². The van der Waals surface area contributed by atoms with Gasteiger partial charge in [0.15, 0.2) is 16.4 Å². The monoisotopic (exact) mass is 351 g/mol. The summed E-state index contributed by atoms with van der Waals surface area (Å²) in [5.74, 6) is 0.899. The van der Waals surface area contributed by atoms with Crippen LogP contribution in [-0.2, 0) is 14.6 Å². The van der Waals surface area contributed by atoms with Crippen LogP contribution in [0.2, 0.25) is 0 Å². The third-order valence-corrected chi connectivity index (χ3v) is 6.80. The number of sulfone groups is 1. The quantitative estimate of drug-likeness (QED) is 0.817. The molecule has 1 amide bonds. The van der Waals surface area contributed by atoms with Crippen LogP contribution in [0.5, 0.6) is 5.75 Å². The van der Waals surface area contributed by atoms with Crippen LogP contribution in [0.1, 0.15) is 37.7 Å². The number of aryl methyl sites for hydroxylation is 1. The highest BCUT2D eigenvalue weighted by atomic mass is 32.2. The summed E-state index contributed by atoms with van der Waals surface area (Å²) in [4.78, 5) is 14.6. The lowest BCUT2D eigenvalue weighted by Crippen LogP contribution is -2.48. The van der Waals surface area contributed by atoms with Gasteiger partial charge in [-0.15, -0.1) is 0 Å². The lowest BCUT2D eigenvalue weighted by atomic mass is 10.1. The second-order valence-corrected chi connectivity index (χ2v) is 9.08. The van der Waals surface area contributed by atoms with Crippen LogP contribution in [0, 0.1) is 6.92 Å². The van der Waals surface area contributed by atoms with E-state index in [0.717, 1.165) is 31.2 Å². The predicted molar refractivity (Wildman–Crippen MR) is 92.8 cm³/mol. The molecule has 2 aliphatic rings. The average molecular weight is 351 g/mol. The van der Waals surface area contributed by atoms with E-state index in [0.29, 0.717) is 12.2 Å². The van der Waals surface area contributed by atoms with E-state index in [2.05, 4.69) is 0 Å². The third-order valence-electron chi connectivity index (χ3n) is 5.05. The molecular weight excluding hydrogens is 326 g/mol. The van der Waals surface area contributed by atoms with Gasteiger partial charge >= 0.3 is 0 Å². The Hall–Kier alpha value is -1.56. The van der Waals surface area contributed by atoms with E-state index >= 15 is 0 Å². The molecule has 1 aliphatic heterocycles. The molecule has 24 heavy (non-hydrogen) atoms. The second-order valence-electron chi connectivity index (χ2n) is 6.85. The van der Waals surface area contributed by atoms with Crippen molar-refractivity contribution in [2.24, 2.45) is 0 Å². The molecule has 0 N–H and O–H groups in total. The summed E-state index contributed by atoms with van der Waals surface area (Å²) in [6.07, 6.45) is 4.69. The molecular formula is C18H25NO4S. The van der Waals surface area contributed by atoms with Crippen LogP contribution in [0.25, 0.3) is 0 Å². The van der Waals surface area contributed by atoms with Crippen LogP contribution in [0.3, 0.4) is 0 Å². The van der Waals surface area contributed by atoms with Gasteiger partial charge in [-0.1, -0.05) is 31.0 Å². The normalized spacial score (nSPS) is 23.3. The Morgan fingerprint density at radius 1 is 1.17 bits per heavy atom. The lowest BCUT2D eigenvalue weighted by Gasteiger charge is -2.34. The van der Waals surface area contributed by atoms with Gasteiger partial charge in [-0.3, -0.25) is 4.79 Å². The molecule has 1 atom stereocenters. The number of rotatable bonds is 5. The Bertz CT molecular complexity index is 695. The van der Waals surface area contributed by atoms with E-state index < -0.39 is 9.84 Å². The highest BCUT2D eigenvalue weighted by molar-refractivity contribution is 7.91. The zero-order valence-corrected chi connectivity index (χ0v) is 14.9. The first-order valence-corrected chi connectivity index (χ1v) is 10.5. The van der Waals surface area contributed by atoms with Crippen LogP contribution in [0.4, 0.5) is 0 Å². The van der Waals surface area contributed by atoms with Crippen molar-refractivity contribution in [3.63, 3.8) is 0 Å². The fraction of sp³-hybridized carbons (Fsp3) is 0.611. The number of ether oxygens (including phenoxy) is 1. The summed E-state index contributed by atoms with van der Waals surface area (Å²) in [7, 11) is -3.01. The summed E-state index contributed by atoms with van der Waals surface area (Å²) in [6.45, 7) is 1.91. The van der Waals surface area contributed by atoms with Gasteiger partial charge in [0.2, 0.25) is 0 Å². The molecule has 1 unspecified atom stereocenters. The standard InChI is InChI=1S/C18H25NO4S/c1-14-6-2-5-9-17(14)23-12-18(20)19(15-7-3-4-8-15)16-10-11-24(21,22)13-16/h2,5-6,9,15-16H,3-4,7-8,10-13H2,1H3. The molecule has 2 fully saturated rings. The molecule has 132 valence electrons. The van der Waals surface area contributed by atoms with Crippen molar-refractivity contribution in [3.8, 4) is 5.75 Å². The number of carbonyl (C=O) groups is 1. The van der Waals surface area contributed by atoms with Gasteiger partial charge in [-0.2, -0.15) is 0 Å². The van der Waals surface area contributed by atoms with Gasteiger partial charge in [0, 0.05) is 12.1 Å². The van der Waals surface area contributed by atoms with E-state index in [4.69, 9.17) is 4.74 Å². The summed E-state index contributed by atoms with van der Waals surface area (Å²) in [5.41, 5.74) is 0.987. The van der Waals surface area contributed by atoms with E-state index in [9.17, 15) is 13.2 Å². The van der Waals surface area contributed by atoms with Gasteiger partial charge in [0.1, 0.15) is 5.75 Å². The maximum Gasteiger partial charge on any atom is 0.261 e. The minimum atomic E-state index is -3.01. The van der Waals surface area contributed by atoms with Crippen molar-refractivity contribution >= 4 is 15.7 Å². The summed E-state index contributed by atoms with van der Waals surface area (Å²) in [5, 5.41) is 0. The largest absolute Gasteiger partial charge is 0.484 e. The summed E-state index contributed by atoms with van der Waals surface area (Å²) < 4.78 is 29.4. The van der Waals surface area contributed by atoms with Crippen molar-refractivity contribution < 1.29 is 17.9 Å². The summed E-state index contributed by atoms with van der Waals surface area (Å²) >= 11 is 0. The Kier molecular flexibility index (Phi) is 5.13. The molecule has 1 aliphatic carbocycles. The molecule has 5 nitrogen and oxygen atoms in total. The van der Waals surface area contributed by atoms with Gasteiger partial charge < -0.3 is 9.64 Å². The van der Waals surface area contributed by atoms with E-state index in [1.54, 1.807) is 0 Å². The van der Waals surface area contributed by atoms with Crippen molar-refractivity contribution in [2.75, 3.05) is 18.1 Å². The fourth-order valence-electron chi connectivity index (χ4n) is 3.82. The smallest absolute Gasteiger partial charge is 0.261 e. The molecule has 1 aromatic carbocycles. The topological polar surface area (TPSA) is 63.7 Å². The lowest BCUT2D eigenvalue weighted by molar-refractivity contribution is -0.137. The van der Waals surface area contributed by atoms with Crippen LogP contribution < -0.4 is 4.74 Å². The first kappa shape index (κ1) is 17.3. The molecule has 1 heterocycles. The minimum absolute atomic E-state index is 0.0299. The molecule has 1 saturated heterocycles. The molecule has 6 heteroatoms. The van der Waals surface area contributed by atoms with E-state index in [-0.39, 0.29) is 36.1 Å². The molecule has 0 aromatic heterocycles. The number of hydrogen-bond acceptors (Lipinski definition) is 4. The van der Waals surface area contributed by atoms with Crippen molar-refractivity contribution in [1.29, 1.82) is 0 Å². The molecule has 0 spiro atoms. The zero-order valence-electron chi connectivity index (χ0n) is 14.1. The second kappa shape index (κ2) is 7.13. The molecule has 0 radical (unpaired) electrons. The SMILES string of the molecule is Cc1ccccc1OCC(=O)N(C1CCCC1)C1CCS(=O)(=O)C1. The summed E-state index contributed by atoms with van der Waals surface area (Å²) in [6, 6.07) is 7.58.